The number of anilines is 1. The van der Waals surface area contributed by atoms with E-state index in [1.54, 1.807) is 12.1 Å². The van der Waals surface area contributed by atoms with E-state index in [4.69, 9.17) is 17.3 Å². The number of primary amides is 1. The lowest BCUT2D eigenvalue weighted by atomic mass is 9.64. The molecule has 0 bridgehead atoms. The average Bonchev–Trinajstić information content (AvgIpc) is 2.50. The Morgan fingerprint density at radius 3 is 2.42 bits per heavy atom. The molecule has 3 N–H and O–H groups in total. The lowest BCUT2D eigenvalue weighted by molar-refractivity contribution is -0.124. The number of benzene rings is 1. The van der Waals surface area contributed by atoms with Gasteiger partial charge in [-0.1, -0.05) is 30.2 Å². The van der Waals surface area contributed by atoms with Crippen molar-refractivity contribution in [1.82, 2.24) is 4.98 Å². The van der Waals surface area contributed by atoms with Crippen LogP contribution in [0.3, 0.4) is 0 Å². The molecule has 7 heteroatoms. The summed E-state index contributed by atoms with van der Waals surface area (Å²) in [6.07, 6.45) is 3.50. The van der Waals surface area contributed by atoms with Gasteiger partial charge in [0.25, 0.3) is 0 Å². The number of hydrogen-bond acceptors (Lipinski definition) is 3. The first-order valence-corrected chi connectivity index (χ1v) is 7.83. The summed E-state index contributed by atoms with van der Waals surface area (Å²) in [6.45, 7) is 0. The number of pyridine rings is 1. The van der Waals surface area contributed by atoms with Crippen molar-refractivity contribution in [2.45, 2.75) is 24.7 Å². The highest BCUT2D eigenvalue weighted by atomic mass is 35.5. The summed E-state index contributed by atoms with van der Waals surface area (Å²) in [6, 6.07) is 7.29. The van der Waals surface area contributed by atoms with Crippen LogP contribution < -0.4 is 11.1 Å². The molecule has 1 aromatic heterocycles. The maximum absolute atomic E-state index is 13.1. The molecular weight excluding hydrogens is 333 g/mol. The van der Waals surface area contributed by atoms with Gasteiger partial charge >= 0.3 is 0 Å². The molecular formula is C17H15ClFN3O2. The molecule has 2 amide bonds. The molecule has 1 fully saturated rings. The number of carbonyl (C=O) groups excluding carboxylic acids is 2. The lowest BCUT2D eigenvalue weighted by Crippen LogP contribution is -2.46. The van der Waals surface area contributed by atoms with E-state index in [9.17, 15) is 14.0 Å². The zero-order chi connectivity index (χ0) is 17.3. The average molecular weight is 348 g/mol. The smallest absolute Gasteiger partial charge is 0.250 e. The Morgan fingerprint density at radius 2 is 1.92 bits per heavy atom. The van der Waals surface area contributed by atoms with Gasteiger partial charge in [0.1, 0.15) is 5.82 Å². The molecule has 0 radical (unpaired) electrons. The van der Waals surface area contributed by atoms with Gasteiger partial charge < -0.3 is 11.1 Å². The first kappa shape index (κ1) is 16.4. The maximum atomic E-state index is 13.1. The number of aromatic nitrogens is 1. The quantitative estimate of drug-likeness (QED) is 0.891. The number of halogens is 2. The zero-order valence-corrected chi connectivity index (χ0v) is 13.4. The van der Waals surface area contributed by atoms with Gasteiger partial charge in [0.2, 0.25) is 11.8 Å². The fourth-order valence-corrected chi connectivity index (χ4v) is 3.05. The zero-order valence-electron chi connectivity index (χ0n) is 12.7. The number of rotatable bonds is 4. The van der Waals surface area contributed by atoms with Gasteiger partial charge in [-0.2, -0.15) is 0 Å². The molecule has 1 saturated carbocycles. The van der Waals surface area contributed by atoms with Crippen LogP contribution in [0.5, 0.6) is 0 Å². The predicted octanol–water partition coefficient (Wildman–Crippen LogP) is 3.03. The predicted molar refractivity (Wildman–Crippen MR) is 88.3 cm³/mol. The van der Waals surface area contributed by atoms with Crippen LogP contribution in [0.15, 0.2) is 36.5 Å². The van der Waals surface area contributed by atoms with Crippen molar-refractivity contribution in [3.05, 3.63) is 58.5 Å². The fourth-order valence-electron chi connectivity index (χ4n) is 2.84. The highest BCUT2D eigenvalue weighted by molar-refractivity contribution is 6.33. The molecule has 24 heavy (non-hydrogen) atoms. The SMILES string of the molecule is NC(=O)c1cnc(NC(=O)C2(c3ccc(F)cc3)CCC2)c(Cl)c1. The molecule has 124 valence electrons. The largest absolute Gasteiger partial charge is 0.366 e. The van der Waals surface area contributed by atoms with E-state index >= 15 is 0 Å². The summed E-state index contributed by atoms with van der Waals surface area (Å²) in [4.78, 5) is 27.9. The normalized spacial score (nSPS) is 15.4. The topological polar surface area (TPSA) is 85.1 Å². The molecule has 0 saturated heterocycles. The summed E-state index contributed by atoms with van der Waals surface area (Å²) < 4.78 is 13.1. The number of nitrogens with zero attached hydrogens (tertiary/aromatic N) is 1. The third-order valence-corrected chi connectivity index (χ3v) is 4.68. The van der Waals surface area contributed by atoms with E-state index in [0.29, 0.717) is 12.8 Å². The molecule has 1 heterocycles. The van der Waals surface area contributed by atoms with E-state index < -0.39 is 11.3 Å². The Kier molecular flexibility index (Phi) is 4.24. The number of nitrogens with one attached hydrogen (secondary N) is 1. The molecule has 0 atom stereocenters. The van der Waals surface area contributed by atoms with E-state index in [1.807, 2.05) is 0 Å². The van der Waals surface area contributed by atoms with Crippen molar-refractivity contribution in [2.24, 2.45) is 5.73 Å². The van der Waals surface area contributed by atoms with Crippen molar-refractivity contribution in [1.29, 1.82) is 0 Å². The van der Waals surface area contributed by atoms with Gasteiger partial charge in [0.15, 0.2) is 5.82 Å². The molecule has 1 aromatic carbocycles. The van der Waals surface area contributed by atoms with Crippen LogP contribution in [0.4, 0.5) is 10.2 Å². The molecule has 2 aromatic rings. The van der Waals surface area contributed by atoms with Crippen molar-refractivity contribution in [2.75, 3.05) is 5.32 Å². The highest BCUT2D eigenvalue weighted by Crippen LogP contribution is 2.44. The summed E-state index contributed by atoms with van der Waals surface area (Å²) in [7, 11) is 0. The number of nitrogens with two attached hydrogens (primary N) is 1. The van der Waals surface area contributed by atoms with Gasteiger partial charge in [-0.3, -0.25) is 9.59 Å². The van der Waals surface area contributed by atoms with Crippen LogP contribution in [0, 0.1) is 5.82 Å². The number of carbonyl (C=O) groups is 2. The standard InChI is InChI=1S/C17H15ClFN3O2/c18-13-8-10(14(20)23)9-21-15(13)22-16(24)17(6-1-7-17)11-2-4-12(19)5-3-11/h2-5,8-9H,1,6-7H2,(H2,20,23)(H,21,22,24). The minimum Gasteiger partial charge on any atom is -0.366 e. The van der Waals surface area contributed by atoms with Gasteiger partial charge in [0.05, 0.1) is 16.0 Å². The van der Waals surface area contributed by atoms with E-state index in [1.165, 1.54) is 24.4 Å². The number of amides is 2. The molecule has 1 aliphatic carbocycles. The van der Waals surface area contributed by atoms with Crippen LogP contribution in [0.2, 0.25) is 5.02 Å². The van der Waals surface area contributed by atoms with Gasteiger partial charge in [0, 0.05) is 6.20 Å². The molecule has 0 spiro atoms. The van der Waals surface area contributed by atoms with Crippen LogP contribution in [-0.2, 0) is 10.2 Å². The Hall–Kier alpha value is -2.47. The highest BCUT2D eigenvalue weighted by Gasteiger charge is 2.45. The van der Waals surface area contributed by atoms with Gasteiger partial charge in [-0.05, 0) is 36.6 Å². The molecule has 3 rings (SSSR count). The van der Waals surface area contributed by atoms with Gasteiger partial charge in [-0.25, -0.2) is 9.37 Å². The molecule has 0 aliphatic heterocycles. The molecule has 1 aliphatic rings. The van der Waals surface area contributed by atoms with Gasteiger partial charge in [-0.15, -0.1) is 0 Å². The van der Waals surface area contributed by atoms with Crippen LogP contribution in [0.1, 0.15) is 35.2 Å². The Balaban J connectivity index is 1.85. The fraction of sp³-hybridized carbons (Fsp3) is 0.235. The van der Waals surface area contributed by atoms with Crippen molar-refractivity contribution in [3.63, 3.8) is 0 Å². The van der Waals surface area contributed by atoms with Crippen molar-refractivity contribution < 1.29 is 14.0 Å². The third-order valence-electron chi connectivity index (χ3n) is 4.40. The lowest BCUT2D eigenvalue weighted by Gasteiger charge is -2.40. The summed E-state index contributed by atoms with van der Waals surface area (Å²) in [5.41, 5.74) is 5.38. The second-order valence-electron chi connectivity index (χ2n) is 5.82. The van der Waals surface area contributed by atoms with E-state index in [0.717, 1.165) is 12.0 Å². The minimum absolute atomic E-state index is 0.133. The molecule has 5 nitrogen and oxygen atoms in total. The summed E-state index contributed by atoms with van der Waals surface area (Å²) in [5, 5.41) is 2.84. The van der Waals surface area contributed by atoms with E-state index in [2.05, 4.69) is 10.3 Å². The monoisotopic (exact) mass is 347 g/mol. The first-order chi connectivity index (χ1) is 11.4. The van der Waals surface area contributed by atoms with E-state index in [-0.39, 0.29) is 28.1 Å². The Bertz CT molecular complexity index is 804. The summed E-state index contributed by atoms with van der Waals surface area (Å²) >= 11 is 6.06. The first-order valence-electron chi connectivity index (χ1n) is 7.45. The third kappa shape index (κ3) is 2.85. The molecule has 0 unspecified atom stereocenters. The van der Waals surface area contributed by atoms with Crippen LogP contribution in [0.25, 0.3) is 0 Å². The van der Waals surface area contributed by atoms with Crippen LogP contribution >= 0.6 is 11.6 Å². The second kappa shape index (κ2) is 6.20. The Morgan fingerprint density at radius 1 is 1.25 bits per heavy atom. The summed E-state index contributed by atoms with van der Waals surface area (Å²) in [5.74, 6) is -1.08. The van der Waals surface area contributed by atoms with Crippen molar-refractivity contribution >= 4 is 29.2 Å². The number of hydrogen-bond donors (Lipinski definition) is 2. The maximum Gasteiger partial charge on any atom is 0.250 e. The second-order valence-corrected chi connectivity index (χ2v) is 6.22. The minimum atomic E-state index is -0.707. The van der Waals surface area contributed by atoms with Crippen LogP contribution in [-0.4, -0.2) is 16.8 Å². The van der Waals surface area contributed by atoms with Crippen molar-refractivity contribution in [3.8, 4) is 0 Å². The Labute approximate surface area is 143 Å².